The van der Waals surface area contributed by atoms with E-state index in [1.807, 2.05) is 58.0 Å². The van der Waals surface area contributed by atoms with E-state index in [1.165, 1.54) is 0 Å². The molecule has 1 heterocycles. The zero-order valence-corrected chi connectivity index (χ0v) is 14.3. The van der Waals surface area contributed by atoms with E-state index in [0.717, 1.165) is 39.2 Å². The molecule has 2 aromatic carbocycles. The molecule has 0 aliphatic carbocycles. The first-order valence-corrected chi connectivity index (χ1v) is 7.82. The molecule has 24 heavy (non-hydrogen) atoms. The molecule has 3 rings (SSSR count). The van der Waals surface area contributed by atoms with Crippen LogP contribution in [0.2, 0.25) is 0 Å². The van der Waals surface area contributed by atoms with Crippen LogP contribution in [0.15, 0.2) is 36.4 Å². The number of hydrogen-bond donors (Lipinski definition) is 2. The lowest BCUT2D eigenvalue weighted by atomic mass is 10.1. The largest absolute Gasteiger partial charge is 0.323 e. The van der Waals surface area contributed by atoms with E-state index in [9.17, 15) is 4.79 Å². The number of carbonyl (C=O) groups excluding carboxylic acids is 1. The van der Waals surface area contributed by atoms with Crippen LogP contribution < -0.4 is 10.6 Å². The van der Waals surface area contributed by atoms with Crippen LogP contribution in [0, 0.1) is 27.7 Å². The van der Waals surface area contributed by atoms with Gasteiger partial charge >= 0.3 is 6.03 Å². The molecule has 0 unspecified atom stereocenters. The van der Waals surface area contributed by atoms with Crippen molar-refractivity contribution in [2.24, 2.45) is 0 Å². The van der Waals surface area contributed by atoms with E-state index in [1.54, 1.807) is 0 Å². The smallest absolute Gasteiger partial charge is 0.308 e. The number of nitrogens with one attached hydrogen (secondary N) is 2. The van der Waals surface area contributed by atoms with Gasteiger partial charge in [-0.3, -0.25) is 0 Å². The Labute approximate surface area is 141 Å². The van der Waals surface area contributed by atoms with Crippen LogP contribution in [0.4, 0.5) is 16.2 Å². The number of amides is 2. The summed E-state index contributed by atoms with van der Waals surface area (Å²) in [7, 11) is 0. The fraction of sp³-hybridized carbons (Fsp3) is 0.211. The molecule has 0 saturated carbocycles. The van der Waals surface area contributed by atoms with Crippen molar-refractivity contribution < 1.29 is 4.79 Å². The normalized spacial score (nSPS) is 10.7. The average molecular weight is 320 g/mol. The number of aryl methyl sites for hydroxylation is 4. The van der Waals surface area contributed by atoms with Gasteiger partial charge in [-0.05, 0) is 69.2 Å². The summed E-state index contributed by atoms with van der Waals surface area (Å²) in [6, 6.07) is 11.2. The van der Waals surface area contributed by atoms with Gasteiger partial charge in [-0.15, -0.1) is 0 Å². The number of nitrogens with zero attached hydrogens (tertiary/aromatic N) is 2. The van der Waals surface area contributed by atoms with E-state index in [2.05, 4.69) is 26.7 Å². The molecule has 122 valence electrons. The molecular formula is C19H20N4O. The summed E-state index contributed by atoms with van der Waals surface area (Å²) in [4.78, 5) is 21.2. The summed E-state index contributed by atoms with van der Waals surface area (Å²) in [5.41, 5.74) is 7.06. The molecule has 5 nitrogen and oxygen atoms in total. The zero-order chi connectivity index (χ0) is 17.3. The fourth-order valence-corrected chi connectivity index (χ4v) is 2.65. The molecule has 3 aromatic rings. The first-order chi connectivity index (χ1) is 11.4. The van der Waals surface area contributed by atoms with Crippen molar-refractivity contribution in [3.05, 3.63) is 58.9 Å². The molecular weight excluding hydrogens is 300 g/mol. The molecule has 0 saturated heterocycles. The number of rotatable bonds is 2. The van der Waals surface area contributed by atoms with Gasteiger partial charge in [-0.2, -0.15) is 0 Å². The van der Waals surface area contributed by atoms with Gasteiger partial charge in [0, 0.05) is 11.4 Å². The van der Waals surface area contributed by atoms with Crippen molar-refractivity contribution in [3.8, 4) is 0 Å². The summed E-state index contributed by atoms with van der Waals surface area (Å²) in [5.74, 6) is 0. The van der Waals surface area contributed by atoms with Gasteiger partial charge in [0.2, 0.25) is 0 Å². The van der Waals surface area contributed by atoms with E-state index in [-0.39, 0.29) is 6.03 Å². The van der Waals surface area contributed by atoms with Gasteiger partial charge in [0.15, 0.2) is 0 Å². The summed E-state index contributed by atoms with van der Waals surface area (Å²) in [6.07, 6.45) is 0. The predicted molar refractivity (Wildman–Crippen MR) is 97.6 cm³/mol. The second-order valence-corrected chi connectivity index (χ2v) is 6.05. The lowest BCUT2D eigenvalue weighted by molar-refractivity contribution is 0.262. The van der Waals surface area contributed by atoms with Gasteiger partial charge in [-0.25, -0.2) is 14.8 Å². The van der Waals surface area contributed by atoms with Crippen LogP contribution in [0.25, 0.3) is 11.0 Å². The highest BCUT2D eigenvalue weighted by Crippen LogP contribution is 2.18. The van der Waals surface area contributed by atoms with Crippen LogP contribution in [0.3, 0.4) is 0 Å². The second-order valence-electron chi connectivity index (χ2n) is 6.05. The first kappa shape index (κ1) is 15.9. The van der Waals surface area contributed by atoms with Crippen molar-refractivity contribution in [1.29, 1.82) is 0 Å². The van der Waals surface area contributed by atoms with Gasteiger partial charge in [-0.1, -0.05) is 6.07 Å². The molecule has 1 aromatic heterocycles. The molecule has 2 amide bonds. The summed E-state index contributed by atoms with van der Waals surface area (Å²) >= 11 is 0. The SMILES string of the molecule is Cc1cc(C)cc(NC(=O)Nc2ccc3nc(C)c(C)nc3c2)c1. The first-order valence-electron chi connectivity index (χ1n) is 7.82. The quantitative estimate of drug-likeness (QED) is 0.730. The van der Waals surface area contributed by atoms with E-state index < -0.39 is 0 Å². The predicted octanol–water partition coefficient (Wildman–Crippen LogP) is 4.51. The highest BCUT2D eigenvalue weighted by molar-refractivity contribution is 6.00. The van der Waals surface area contributed by atoms with Gasteiger partial charge < -0.3 is 10.6 Å². The maximum Gasteiger partial charge on any atom is 0.323 e. The van der Waals surface area contributed by atoms with Crippen LogP contribution in [-0.2, 0) is 0 Å². The molecule has 0 aliphatic heterocycles. The van der Waals surface area contributed by atoms with Crippen LogP contribution >= 0.6 is 0 Å². The number of anilines is 2. The molecule has 0 bridgehead atoms. The van der Waals surface area contributed by atoms with Crippen LogP contribution in [0.5, 0.6) is 0 Å². The van der Waals surface area contributed by atoms with Crippen molar-refractivity contribution in [3.63, 3.8) is 0 Å². The Hall–Kier alpha value is -2.95. The number of hydrogen-bond acceptors (Lipinski definition) is 3. The Morgan fingerprint density at radius 3 is 2.00 bits per heavy atom. The minimum Gasteiger partial charge on any atom is -0.308 e. The van der Waals surface area contributed by atoms with Crippen LogP contribution in [-0.4, -0.2) is 16.0 Å². The Bertz CT molecular complexity index is 914. The van der Waals surface area contributed by atoms with Gasteiger partial charge in [0.1, 0.15) is 0 Å². The second kappa shape index (κ2) is 6.28. The number of fused-ring (bicyclic) bond motifs is 1. The fourth-order valence-electron chi connectivity index (χ4n) is 2.65. The Balaban J connectivity index is 1.78. The maximum absolute atomic E-state index is 12.2. The zero-order valence-electron chi connectivity index (χ0n) is 14.3. The summed E-state index contributed by atoms with van der Waals surface area (Å²) in [6.45, 7) is 7.87. The molecule has 0 fully saturated rings. The Morgan fingerprint density at radius 2 is 1.33 bits per heavy atom. The van der Waals surface area contributed by atoms with E-state index >= 15 is 0 Å². The Kier molecular flexibility index (Phi) is 4.16. The van der Waals surface area contributed by atoms with Gasteiger partial charge in [0.05, 0.1) is 22.4 Å². The topological polar surface area (TPSA) is 66.9 Å². The summed E-state index contributed by atoms with van der Waals surface area (Å²) < 4.78 is 0. The lowest BCUT2D eigenvalue weighted by Crippen LogP contribution is -2.19. The van der Waals surface area contributed by atoms with E-state index in [0.29, 0.717) is 5.69 Å². The van der Waals surface area contributed by atoms with Crippen molar-refractivity contribution in [2.75, 3.05) is 10.6 Å². The molecule has 5 heteroatoms. The monoisotopic (exact) mass is 320 g/mol. The minimum absolute atomic E-state index is 0.281. The standard InChI is InChI=1S/C19H20N4O/c1-11-7-12(2)9-16(8-11)23-19(24)22-15-5-6-17-18(10-15)21-14(4)13(3)20-17/h5-10H,1-4H3,(H2,22,23,24). The average Bonchev–Trinajstić information content (AvgIpc) is 2.47. The molecule has 0 spiro atoms. The third kappa shape index (κ3) is 3.51. The minimum atomic E-state index is -0.281. The lowest BCUT2D eigenvalue weighted by Gasteiger charge is -2.10. The third-order valence-corrected chi connectivity index (χ3v) is 3.81. The Morgan fingerprint density at radius 1 is 0.750 bits per heavy atom. The highest BCUT2D eigenvalue weighted by atomic mass is 16.2. The van der Waals surface area contributed by atoms with Crippen molar-refractivity contribution in [1.82, 2.24) is 9.97 Å². The van der Waals surface area contributed by atoms with E-state index in [4.69, 9.17) is 0 Å². The number of aromatic nitrogens is 2. The molecule has 0 atom stereocenters. The van der Waals surface area contributed by atoms with Crippen molar-refractivity contribution >= 4 is 28.4 Å². The molecule has 0 radical (unpaired) electrons. The number of carbonyl (C=O) groups is 1. The summed E-state index contributed by atoms with van der Waals surface area (Å²) in [5, 5.41) is 5.69. The van der Waals surface area contributed by atoms with Crippen LogP contribution in [0.1, 0.15) is 22.5 Å². The highest BCUT2D eigenvalue weighted by Gasteiger charge is 2.06. The number of benzene rings is 2. The maximum atomic E-state index is 12.2. The molecule has 2 N–H and O–H groups in total. The third-order valence-electron chi connectivity index (χ3n) is 3.81. The molecule has 0 aliphatic rings. The number of urea groups is 1. The van der Waals surface area contributed by atoms with Crippen molar-refractivity contribution in [2.45, 2.75) is 27.7 Å². The van der Waals surface area contributed by atoms with Gasteiger partial charge in [0.25, 0.3) is 0 Å².